The number of carbonyl (C=O) groups excluding carboxylic acids is 1. The summed E-state index contributed by atoms with van der Waals surface area (Å²) in [5.41, 5.74) is 0. The van der Waals surface area contributed by atoms with Gasteiger partial charge in [0.1, 0.15) is 0 Å². The largest absolute Gasteiger partial charge is 0.337 e. The summed E-state index contributed by atoms with van der Waals surface area (Å²) < 4.78 is 0. The van der Waals surface area contributed by atoms with Crippen LogP contribution in [0.3, 0.4) is 0 Å². The molecule has 0 aromatic carbocycles. The average Bonchev–Trinajstić information content (AvgIpc) is 2.50. The molecule has 4 heteroatoms. The molecular formula is C17H33N3O. The van der Waals surface area contributed by atoms with Crippen molar-refractivity contribution in [3.05, 3.63) is 0 Å². The summed E-state index contributed by atoms with van der Waals surface area (Å²) in [6, 6.07) is 0.905. The summed E-state index contributed by atoms with van der Waals surface area (Å²) in [5, 5.41) is 6.31. The molecule has 0 aromatic heterocycles. The third-order valence-corrected chi connectivity index (χ3v) is 5.68. The highest BCUT2D eigenvalue weighted by Crippen LogP contribution is 2.29. The molecular weight excluding hydrogens is 262 g/mol. The molecule has 0 radical (unpaired) electrons. The van der Waals surface area contributed by atoms with Crippen LogP contribution in [0.25, 0.3) is 0 Å². The lowest BCUT2D eigenvalue weighted by Crippen LogP contribution is -2.52. The molecule has 1 heterocycles. The summed E-state index contributed by atoms with van der Waals surface area (Å²) in [7, 11) is 0. The number of piperidine rings is 1. The van der Waals surface area contributed by atoms with Gasteiger partial charge in [0, 0.05) is 18.6 Å². The van der Waals surface area contributed by atoms with Gasteiger partial charge in [0.25, 0.3) is 0 Å². The highest BCUT2D eigenvalue weighted by Gasteiger charge is 2.28. The van der Waals surface area contributed by atoms with Crippen LogP contribution in [0.15, 0.2) is 0 Å². The van der Waals surface area contributed by atoms with Gasteiger partial charge in [-0.2, -0.15) is 0 Å². The van der Waals surface area contributed by atoms with Gasteiger partial charge in [-0.15, -0.1) is 0 Å². The molecule has 1 aliphatic carbocycles. The van der Waals surface area contributed by atoms with Crippen molar-refractivity contribution in [2.24, 2.45) is 11.8 Å². The van der Waals surface area contributed by atoms with Crippen LogP contribution in [0.4, 0.5) is 4.79 Å². The van der Waals surface area contributed by atoms with Gasteiger partial charge in [-0.3, -0.25) is 4.90 Å². The van der Waals surface area contributed by atoms with E-state index in [0.29, 0.717) is 18.0 Å². The second-order valence-corrected chi connectivity index (χ2v) is 7.01. The molecule has 0 bridgehead atoms. The molecule has 122 valence electrons. The number of hydrogen-bond donors (Lipinski definition) is 2. The molecule has 2 aliphatic rings. The van der Waals surface area contributed by atoms with E-state index in [4.69, 9.17) is 0 Å². The Morgan fingerprint density at radius 1 is 1.14 bits per heavy atom. The summed E-state index contributed by atoms with van der Waals surface area (Å²) >= 11 is 0. The molecule has 2 rings (SSSR count). The number of likely N-dealkylation sites (tertiary alicyclic amines) is 1. The van der Waals surface area contributed by atoms with Crippen LogP contribution in [-0.2, 0) is 0 Å². The Bertz CT molecular complexity index is 334. The lowest BCUT2D eigenvalue weighted by atomic mass is 9.78. The van der Waals surface area contributed by atoms with E-state index in [9.17, 15) is 4.79 Å². The van der Waals surface area contributed by atoms with Crippen LogP contribution < -0.4 is 10.6 Å². The Hall–Kier alpha value is -0.770. The van der Waals surface area contributed by atoms with E-state index in [0.717, 1.165) is 25.4 Å². The zero-order chi connectivity index (χ0) is 15.2. The van der Waals surface area contributed by atoms with Crippen LogP contribution in [0.5, 0.6) is 0 Å². The first-order valence-electron chi connectivity index (χ1n) is 8.90. The lowest BCUT2D eigenvalue weighted by molar-refractivity contribution is 0.151. The minimum absolute atomic E-state index is 0.0302. The Kier molecular flexibility index (Phi) is 6.34. The summed E-state index contributed by atoms with van der Waals surface area (Å²) in [5.74, 6) is 1.31. The zero-order valence-electron chi connectivity index (χ0n) is 14.0. The van der Waals surface area contributed by atoms with Crippen LogP contribution in [0.2, 0.25) is 0 Å². The summed E-state index contributed by atoms with van der Waals surface area (Å²) in [6.45, 7) is 9.85. The van der Waals surface area contributed by atoms with E-state index < -0.39 is 0 Å². The lowest BCUT2D eigenvalue weighted by Gasteiger charge is -2.36. The number of nitrogens with zero attached hydrogens (tertiary/aromatic N) is 1. The van der Waals surface area contributed by atoms with Crippen molar-refractivity contribution in [3.8, 4) is 0 Å². The summed E-state index contributed by atoms with van der Waals surface area (Å²) in [4.78, 5) is 14.7. The summed E-state index contributed by atoms with van der Waals surface area (Å²) in [6.07, 6.45) is 7.47. The van der Waals surface area contributed by atoms with Gasteiger partial charge >= 0.3 is 6.03 Å². The third-order valence-electron chi connectivity index (χ3n) is 5.68. The quantitative estimate of drug-likeness (QED) is 0.837. The van der Waals surface area contributed by atoms with Crippen LogP contribution in [-0.4, -0.2) is 42.6 Å². The van der Waals surface area contributed by atoms with Crippen LogP contribution in [0, 0.1) is 11.8 Å². The first kappa shape index (κ1) is 16.6. The first-order chi connectivity index (χ1) is 10.1. The second-order valence-electron chi connectivity index (χ2n) is 7.01. The van der Waals surface area contributed by atoms with Crippen molar-refractivity contribution < 1.29 is 4.79 Å². The Labute approximate surface area is 130 Å². The average molecular weight is 295 g/mol. The number of nitrogens with one attached hydrogen (secondary N) is 2. The van der Waals surface area contributed by atoms with Gasteiger partial charge in [0.05, 0.1) is 0 Å². The minimum atomic E-state index is 0.0302. The SMILES string of the molecule is CCN1CCCC[C@@H]1CNC(=O)N[C@@H]1CCC[C@H](C)[C@H]1C. The fourth-order valence-corrected chi connectivity index (χ4v) is 3.92. The molecule has 1 saturated heterocycles. The number of urea groups is 1. The van der Waals surface area contributed by atoms with Crippen molar-refractivity contribution in [1.82, 2.24) is 15.5 Å². The normalized spacial score (nSPS) is 34.4. The highest BCUT2D eigenvalue weighted by molar-refractivity contribution is 5.74. The minimum Gasteiger partial charge on any atom is -0.337 e. The van der Waals surface area contributed by atoms with E-state index in [2.05, 4.69) is 36.3 Å². The van der Waals surface area contributed by atoms with Gasteiger partial charge in [-0.05, 0) is 44.2 Å². The number of hydrogen-bond acceptors (Lipinski definition) is 2. The molecule has 4 atom stereocenters. The molecule has 1 saturated carbocycles. The van der Waals surface area contributed by atoms with Gasteiger partial charge in [-0.25, -0.2) is 4.79 Å². The molecule has 0 unspecified atom stereocenters. The molecule has 2 fully saturated rings. The van der Waals surface area contributed by atoms with E-state index in [1.807, 2.05) is 0 Å². The first-order valence-corrected chi connectivity index (χ1v) is 8.90. The van der Waals surface area contributed by atoms with Gasteiger partial charge in [0.15, 0.2) is 0 Å². The topological polar surface area (TPSA) is 44.4 Å². The third kappa shape index (κ3) is 4.60. The molecule has 21 heavy (non-hydrogen) atoms. The zero-order valence-corrected chi connectivity index (χ0v) is 14.0. The molecule has 1 aliphatic heterocycles. The van der Waals surface area contributed by atoms with Gasteiger partial charge in [0.2, 0.25) is 0 Å². The molecule has 4 nitrogen and oxygen atoms in total. The van der Waals surface area contributed by atoms with E-state index in [-0.39, 0.29) is 6.03 Å². The van der Waals surface area contributed by atoms with Crippen molar-refractivity contribution in [1.29, 1.82) is 0 Å². The van der Waals surface area contributed by atoms with Crippen LogP contribution in [0.1, 0.15) is 59.3 Å². The Morgan fingerprint density at radius 3 is 2.71 bits per heavy atom. The van der Waals surface area contributed by atoms with Gasteiger partial charge < -0.3 is 10.6 Å². The second kappa shape index (κ2) is 8.02. The maximum absolute atomic E-state index is 12.2. The standard InChI is InChI=1S/C17H33N3O/c1-4-20-11-6-5-9-15(20)12-18-17(21)19-16-10-7-8-13(2)14(16)3/h13-16H,4-12H2,1-3H3,(H2,18,19,21)/t13-,14+,15+,16+/m0/s1. The van der Waals surface area contributed by atoms with E-state index in [1.165, 1.54) is 38.6 Å². The maximum Gasteiger partial charge on any atom is 0.315 e. The van der Waals surface area contributed by atoms with E-state index in [1.54, 1.807) is 0 Å². The number of rotatable bonds is 4. The molecule has 0 spiro atoms. The van der Waals surface area contributed by atoms with Crippen molar-refractivity contribution in [3.63, 3.8) is 0 Å². The number of likely N-dealkylation sites (N-methyl/N-ethyl adjacent to an activating group) is 1. The van der Waals surface area contributed by atoms with Crippen LogP contribution >= 0.6 is 0 Å². The maximum atomic E-state index is 12.2. The predicted octanol–water partition coefficient (Wildman–Crippen LogP) is 2.98. The fraction of sp³-hybridized carbons (Fsp3) is 0.941. The Balaban J connectivity index is 1.74. The Morgan fingerprint density at radius 2 is 1.95 bits per heavy atom. The van der Waals surface area contributed by atoms with E-state index >= 15 is 0 Å². The number of carbonyl (C=O) groups is 1. The highest BCUT2D eigenvalue weighted by atomic mass is 16.2. The number of amides is 2. The molecule has 2 amide bonds. The van der Waals surface area contributed by atoms with Crippen molar-refractivity contribution >= 4 is 6.03 Å². The monoisotopic (exact) mass is 295 g/mol. The van der Waals surface area contributed by atoms with Gasteiger partial charge in [-0.1, -0.05) is 40.0 Å². The van der Waals surface area contributed by atoms with Crippen molar-refractivity contribution in [2.75, 3.05) is 19.6 Å². The fourth-order valence-electron chi connectivity index (χ4n) is 3.92. The van der Waals surface area contributed by atoms with Crippen molar-refractivity contribution in [2.45, 2.75) is 71.4 Å². The molecule has 0 aromatic rings. The molecule has 2 N–H and O–H groups in total. The predicted molar refractivity (Wildman–Crippen MR) is 87.4 cm³/mol. The smallest absolute Gasteiger partial charge is 0.315 e.